The Morgan fingerprint density at radius 1 is 1.17 bits per heavy atom. The summed E-state index contributed by atoms with van der Waals surface area (Å²) in [5, 5.41) is 8.58. The summed E-state index contributed by atoms with van der Waals surface area (Å²) in [5.41, 5.74) is -1.26. The second-order valence-corrected chi connectivity index (χ2v) is 3.52. The van der Waals surface area contributed by atoms with E-state index < -0.39 is 29.3 Å². The van der Waals surface area contributed by atoms with Crippen molar-refractivity contribution in [1.82, 2.24) is 0 Å². The number of carboxylic acid groups (broad SMARTS) is 1. The Balaban J connectivity index is 2.55. The number of Topliss-reactive ketones (excluding diaryl/α,β-unsaturated/α-hetero) is 1. The fourth-order valence-corrected chi connectivity index (χ4v) is 1.60. The molecule has 1 aromatic rings. The van der Waals surface area contributed by atoms with E-state index in [1.165, 1.54) is 0 Å². The van der Waals surface area contributed by atoms with Gasteiger partial charge >= 0.3 is 5.97 Å². The van der Waals surface area contributed by atoms with E-state index >= 15 is 0 Å². The Labute approximate surface area is 99.9 Å². The molecule has 1 aromatic carbocycles. The van der Waals surface area contributed by atoms with E-state index in [1.54, 1.807) is 0 Å². The van der Waals surface area contributed by atoms with Gasteiger partial charge in [-0.15, -0.1) is 0 Å². The molecule has 1 aliphatic rings. The van der Waals surface area contributed by atoms with Crippen LogP contribution < -0.4 is 9.47 Å². The molecule has 7 heteroatoms. The quantitative estimate of drug-likeness (QED) is 0.659. The fourth-order valence-electron chi connectivity index (χ4n) is 1.60. The molecule has 1 aliphatic heterocycles. The first-order chi connectivity index (χ1) is 8.50. The van der Waals surface area contributed by atoms with Gasteiger partial charge in [0.2, 0.25) is 0 Å². The third kappa shape index (κ3) is 2.11. The summed E-state index contributed by atoms with van der Waals surface area (Å²) in [5.74, 6) is -3.02. The van der Waals surface area contributed by atoms with Gasteiger partial charge in [0.15, 0.2) is 11.5 Å². The highest BCUT2D eigenvalue weighted by Crippen LogP contribution is 2.37. The Hall–Kier alpha value is -2.18. The summed E-state index contributed by atoms with van der Waals surface area (Å²) in [4.78, 5) is 21.9. The van der Waals surface area contributed by atoms with E-state index in [0.717, 1.165) is 12.1 Å². The van der Waals surface area contributed by atoms with E-state index in [4.69, 9.17) is 14.6 Å². The fraction of sp³-hybridized carbons (Fsp3) is 0.273. The molecule has 0 unspecified atom stereocenters. The molecule has 96 valence electrons. The summed E-state index contributed by atoms with van der Waals surface area (Å²) in [6.07, 6.45) is -2.97. The van der Waals surface area contributed by atoms with Crippen molar-refractivity contribution in [3.05, 3.63) is 23.3 Å². The molecule has 1 N–H and O–H groups in total. The third-order valence-corrected chi connectivity index (χ3v) is 2.39. The van der Waals surface area contributed by atoms with Crippen molar-refractivity contribution in [2.24, 2.45) is 0 Å². The molecule has 0 bridgehead atoms. The first-order valence-corrected chi connectivity index (χ1v) is 5.00. The summed E-state index contributed by atoms with van der Waals surface area (Å²) in [6, 6.07) is 1.92. The maximum absolute atomic E-state index is 12.8. The average molecular weight is 258 g/mol. The van der Waals surface area contributed by atoms with Crippen molar-refractivity contribution in [2.75, 3.05) is 13.2 Å². The predicted molar refractivity (Wildman–Crippen MR) is 54.4 cm³/mol. The van der Waals surface area contributed by atoms with Crippen LogP contribution in [-0.4, -0.2) is 30.1 Å². The lowest BCUT2D eigenvalue weighted by Gasteiger charge is -2.20. The number of rotatable bonds is 3. The molecule has 0 fully saturated rings. The van der Waals surface area contributed by atoms with Crippen LogP contribution in [0.3, 0.4) is 0 Å². The largest absolute Gasteiger partial charge is 0.486 e. The Morgan fingerprint density at radius 3 is 2.22 bits per heavy atom. The molecule has 18 heavy (non-hydrogen) atoms. The van der Waals surface area contributed by atoms with Gasteiger partial charge < -0.3 is 14.6 Å². The minimum absolute atomic E-state index is 0.0819. The first kappa shape index (κ1) is 12.3. The Morgan fingerprint density at radius 2 is 1.72 bits per heavy atom. The lowest BCUT2D eigenvalue weighted by Crippen LogP contribution is -2.19. The maximum Gasteiger partial charge on any atom is 0.377 e. The normalized spacial score (nSPS) is 13.5. The number of carbonyl (C=O) groups is 2. The zero-order valence-corrected chi connectivity index (χ0v) is 8.98. The van der Waals surface area contributed by atoms with Crippen molar-refractivity contribution in [3.8, 4) is 11.5 Å². The second-order valence-electron chi connectivity index (χ2n) is 3.52. The highest BCUT2D eigenvalue weighted by atomic mass is 19.3. The number of ether oxygens (including phenoxy) is 2. The van der Waals surface area contributed by atoms with Gasteiger partial charge in [-0.1, -0.05) is 0 Å². The van der Waals surface area contributed by atoms with Crippen molar-refractivity contribution in [3.63, 3.8) is 0 Å². The van der Waals surface area contributed by atoms with Crippen LogP contribution in [0.4, 0.5) is 8.78 Å². The molecule has 0 saturated heterocycles. The average Bonchev–Trinajstić information content (AvgIpc) is 2.36. The number of carbonyl (C=O) groups excluding carboxylic acids is 1. The van der Waals surface area contributed by atoms with Gasteiger partial charge in [0.1, 0.15) is 13.2 Å². The van der Waals surface area contributed by atoms with E-state index in [1.807, 2.05) is 0 Å². The van der Waals surface area contributed by atoms with Crippen LogP contribution in [0.5, 0.6) is 11.5 Å². The predicted octanol–water partition coefficient (Wildman–Crippen LogP) is 1.66. The van der Waals surface area contributed by atoms with Crippen molar-refractivity contribution >= 4 is 11.8 Å². The van der Waals surface area contributed by atoms with Crippen molar-refractivity contribution in [1.29, 1.82) is 0 Å². The number of fused-ring (bicyclic) bond motifs is 1. The molecule has 1 heterocycles. The van der Waals surface area contributed by atoms with Crippen molar-refractivity contribution < 1.29 is 33.0 Å². The van der Waals surface area contributed by atoms with Crippen LogP contribution in [0.2, 0.25) is 0 Å². The molecule has 0 spiro atoms. The summed E-state index contributed by atoms with van der Waals surface area (Å²) in [6.45, 7) is 0.420. The number of ketones is 1. The van der Waals surface area contributed by atoms with Gasteiger partial charge in [0, 0.05) is 11.1 Å². The van der Waals surface area contributed by atoms with Gasteiger partial charge in [0.05, 0.1) is 0 Å². The molecule has 0 amide bonds. The SMILES string of the molecule is O=C(O)C(=O)c1cc2c(cc1C(F)F)OCCO2. The molecular formula is C11H8F2O5. The van der Waals surface area contributed by atoms with Crippen LogP contribution in [-0.2, 0) is 4.79 Å². The highest BCUT2D eigenvalue weighted by molar-refractivity contribution is 6.40. The summed E-state index contributed by atoms with van der Waals surface area (Å²) in [7, 11) is 0. The minimum atomic E-state index is -2.97. The lowest BCUT2D eigenvalue weighted by molar-refractivity contribution is -0.131. The maximum atomic E-state index is 12.8. The topological polar surface area (TPSA) is 72.8 Å². The van der Waals surface area contributed by atoms with E-state index in [9.17, 15) is 18.4 Å². The van der Waals surface area contributed by atoms with Crippen LogP contribution >= 0.6 is 0 Å². The van der Waals surface area contributed by atoms with Crippen LogP contribution in [0.25, 0.3) is 0 Å². The Kier molecular flexibility index (Phi) is 3.14. The molecule has 0 atom stereocenters. The first-order valence-electron chi connectivity index (χ1n) is 5.00. The number of alkyl halides is 2. The van der Waals surface area contributed by atoms with Crippen molar-refractivity contribution in [2.45, 2.75) is 6.43 Å². The van der Waals surface area contributed by atoms with E-state index in [-0.39, 0.29) is 24.7 Å². The van der Waals surface area contributed by atoms with Crippen LogP contribution in [0.1, 0.15) is 22.3 Å². The van der Waals surface area contributed by atoms with E-state index in [0.29, 0.717) is 0 Å². The molecule has 0 saturated carbocycles. The highest BCUT2D eigenvalue weighted by Gasteiger charge is 2.27. The molecule has 2 rings (SSSR count). The van der Waals surface area contributed by atoms with Gasteiger partial charge in [-0.25, -0.2) is 13.6 Å². The lowest BCUT2D eigenvalue weighted by atomic mass is 10.0. The Bertz CT molecular complexity index is 512. The summed E-state index contributed by atoms with van der Waals surface area (Å²) < 4.78 is 35.8. The standard InChI is InChI=1S/C11H8F2O5/c12-10(13)6-4-8-7(17-1-2-18-8)3-5(6)9(14)11(15)16/h3-4,10H,1-2H2,(H,15,16). The molecular weight excluding hydrogens is 250 g/mol. The van der Waals surface area contributed by atoms with Crippen LogP contribution in [0, 0.1) is 0 Å². The smallest absolute Gasteiger partial charge is 0.377 e. The number of hydrogen-bond acceptors (Lipinski definition) is 4. The number of aliphatic carboxylic acids is 1. The second kappa shape index (κ2) is 4.59. The molecule has 5 nitrogen and oxygen atoms in total. The molecule has 0 aromatic heterocycles. The minimum Gasteiger partial charge on any atom is -0.486 e. The number of benzene rings is 1. The number of carboxylic acids is 1. The molecule has 0 aliphatic carbocycles. The monoisotopic (exact) mass is 258 g/mol. The number of hydrogen-bond donors (Lipinski definition) is 1. The number of halogens is 2. The third-order valence-electron chi connectivity index (χ3n) is 2.39. The van der Waals surface area contributed by atoms with Gasteiger partial charge in [-0.05, 0) is 12.1 Å². The van der Waals surface area contributed by atoms with E-state index in [2.05, 4.69) is 0 Å². The zero-order chi connectivity index (χ0) is 13.3. The zero-order valence-electron chi connectivity index (χ0n) is 8.98. The van der Waals surface area contributed by atoms with Gasteiger partial charge in [-0.3, -0.25) is 4.79 Å². The van der Waals surface area contributed by atoms with Gasteiger partial charge in [-0.2, -0.15) is 0 Å². The molecule has 0 radical (unpaired) electrons. The summed E-state index contributed by atoms with van der Waals surface area (Å²) >= 11 is 0. The van der Waals surface area contributed by atoms with Gasteiger partial charge in [0.25, 0.3) is 12.2 Å². The van der Waals surface area contributed by atoms with Crippen LogP contribution in [0.15, 0.2) is 12.1 Å².